The van der Waals surface area contributed by atoms with Crippen LogP contribution >= 0.6 is 0 Å². The number of hydrogen-bond acceptors (Lipinski definition) is 8. The number of nitro benzene ring substituents is 1. The summed E-state index contributed by atoms with van der Waals surface area (Å²) in [5, 5.41) is 11.2. The lowest BCUT2D eigenvalue weighted by atomic mass is 9.98. The highest BCUT2D eigenvalue weighted by molar-refractivity contribution is 6.00. The lowest BCUT2D eigenvalue weighted by molar-refractivity contribution is -0.384. The highest BCUT2D eigenvalue weighted by Gasteiger charge is 2.30. The zero-order valence-electron chi connectivity index (χ0n) is 18.4. The lowest BCUT2D eigenvalue weighted by Crippen LogP contribution is -2.47. The van der Waals surface area contributed by atoms with Crippen LogP contribution in [0.1, 0.15) is 47.4 Å². The van der Waals surface area contributed by atoms with Crippen molar-refractivity contribution in [1.82, 2.24) is 9.80 Å². The number of nitrogens with zero attached hydrogens (tertiary/aromatic N) is 3. The van der Waals surface area contributed by atoms with Gasteiger partial charge in [0.25, 0.3) is 11.6 Å². The molecule has 1 aromatic rings. The van der Waals surface area contributed by atoms with Crippen LogP contribution in [0.3, 0.4) is 0 Å². The minimum absolute atomic E-state index is 0.0713. The molecule has 1 atom stereocenters. The van der Waals surface area contributed by atoms with Gasteiger partial charge in [-0.3, -0.25) is 24.5 Å². The average Bonchev–Trinajstić information content (AvgIpc) is 2.78. The predicted octanol–water partition coefficient (Wildman–Crippen LogP) is 1.65. The fourth-order valence-electron chi connectivity index (χ4n) is 3.42. The van der Waals surface area contributed by atoms with E-state index in [9.17, 15) is 29.3 Å². The van der Waals surface area contributed by atoms with Gasteiger partial charge in [0.2, 0.25) is 5.91 Å². The summed E-state index contributed by atoms with van der Waals surface area (Å²) in [6.45, 7) is 4.02. The first-order chi connectivity index (χ1) is 15.2. The Kier molecular flexibility index (Phi) is 8.68. The average molecular weight is 449 g/mol. The molecule has 0 spiro atoms. The van der Waals surface area contributed by atoms with Crippen molar-refractivity contribution in [1.29, 1.82) is 0 Å². The number of esters is 2. The molecule has 1 heterocycles. The lowest BCUT2D eigenvalue weighted by Gasteiger charge is -2.32. The first-order valence-electron chi connectivity index (χ1n) is 10.3. The van der Waals surface area contributed by atoms with Gasteiger partial charge in [-0.15, -0.1) is 0 Å². The van der Waals surface area contributed by atoms with E-state index in [-0.39, 0.29) is 49.3 Å². The van der Waals surface area contributed by atoms with Gasteiger partial charge >= 0.3 is 11.9 Å². The molecule has 0 aromatic heterocycles. The Labute approximate surface area is 185 Å². The molecule has 0 radical (unpaired) electrons. The van der Waals surface area contributed by atoms with Gasteiger partial charge < -0.3 is 19.3 Å². The third kappa shape index (κ3) is 6.25. The molecule has 11 heteroatoms. The molecule has 174 valence electrons. The van der Waals surface area contributed by atoms with Gasteiger partial charge in [0.05, 0.1) is 36.2 Å². The third-order valence-corrected chi connectivity index (χ3v) is 5.00. The molecule has 1 saturated heterocycles. The molecular formula is C21H27N3O8. The van der Waals surface area contributed by atoms with Crippen LogP contribution in [0.15, 0.2) is 18.2 Å². The fraction of sp³-hybridized carbons (Fsp3) is 0.524. The maximum Gasteiger partial charge on any atom is 0.338 e. The van der Waals surface area contributed by atoms with Crippen LogP contribution < -0.4 is 0 Å². The zero-order valence-corrected chi connectivity index (χ0v) is 18.4. The molecule has 0 N–H and O–H groups in total. The summed E-state index contributed by atoms with van der Waals surface area (Å²) in [6, 6.07) is 3.28. The van der Waals surface area contributed by atoms with Crippen LogP contribution in [0.5, 0.6) is 0 Å². The number of ether oxygens (including phenoxy) is 2. The summed E-state index contributed by atoms with van der Waals surface area (Å²) in [7, 11) is 1.38. The highest BCUT2D eigenvalue weighted by Crippen LogP contribution is 2.21. The first-order valence-corrected chi connectivity index (χ1v) is 10.3. The molecule has 0 bridgehead atoms. The Balaban J connectivity index is 2.12. The highest BCUT2D eigenvalue weighted by atomic mass is 16.6. The molecule has 11 nitrogen and oxygen atoms in total. The maximum atomic E-state index is 12.8. The molecular weight excluding hydrogens is 422 g/mol. The number of likely N-dealkylation sites (tertiary alicyclic amines) is 1. The second-order valence-electron chi connectivity index (χ2n) is 7.34. The molecule has 2 amide bonds. The second kappa shape index (κ2) is 11.2. The van der Waals surface area contributed by atoms with E-state index in [1.807, 2.05) is 0 Å². The minimum atomic E-state index is -0.790. The Bertz CT molecular complexity index is 901. The molecule has 32 heavy (non-hydrogen) atoms. The number of likely N-dealkylation sites (N-methyl/N-ethyl adjacent to an activating group) is 1. The predicted molar refractivity (Wildman–Crippen MR) is 112 cm³/mol. The number of benzene rings is 1. The van der Waals surface area contributed by atoms with Crippen molar-refractivity contribution in [3.05, 3.63) is 39.4 Å². The molecule has 1 aliphatic heterocycles. The number of amides is 2. The number of nitro groups is 1. The van der Waals surface area contributed by atoms with Gasteiger partial charge in [0.15, 0.2) is 0 Å². The molecule has 1 fully saturated rings. The van der Waals surface area contributed by atoms with E-state index in [4.69, 9.17) is 9.47 Å². The number of hydrogen-bond donors (Lipinski definition) is 0. The summed E-state index contributed by atoms with van der Waals surface area (Å²) in [6.07, 6.45) is 1.27. The van der Waals surface area contributed by atoms with Gasteiger partial charge in [0, 0.05) is 37.8 Å². The summed E-state index contributed by atoms with van der Waals surface area (Å²) in [5.74, 6) is -2.56. The third-order valence-electron chi connectivity index (χ3n) is 5.00. The summed E-state index contributed by atoms with van der Waals surface area (Å²) < 4.78 is 9.89. The Morgan fingerprint density at radius 3 is 2.41 bits per heavy atom. The number of carbonyl (C=O) groups excluding carboxylic acids is 4. The first kappa shape index (κ1) is 24.8. The standard InChI is InChI=1S/C21H27N3O8/c1-4-31-20(27)14-7-6-8-23(12-14)18(25)13-22(3)19(26)15-9-16(21(28)32-5-2)11-17(10-15)24(29)30/h9-11,14H,4-8,12-13H2,1-3H3. The van der Waals surface area contributed by atoms with Crippen LogP contribution in [0, 0.1) is 16.0 Å². The van der Waals surface area contributed by atoms with E-state index in [1.165, 1.54) is 18.0 Å². The van der Waals surface area contributed by atoms with Crippen LogP contribution in [0.4, 0.5) is 5.69 Å². The Hall–Kier alpha value is -3.50. The van der Waals surface area contributed by atoms with Gasteiger partial charge in [0.1, 0.15) is 0 Å². The van der Waals surface area contributed by atoms with E-state index in [1.54, 1.807) is 13.8 Å². The van der Waals surface area contributed by atoms with Crippen molar-refractivity contribution >= 4 is 29.4 Å². The van der Waals surface area contributed by atoms with Gasteiger partial charge in [-0.05, 0) is 32.8 Å². The van der Waals surface area contributed by atoms with Crippen molar-refractivity contribution in [2.24, 2.45) is 5.92 Å². The Morgan fingerprint density at radius 1 is 1.12 bits per heavy atom. The van der Waals surface area contributed by atoms with E-state index in [2.05, 4.69) is 0 Å². The largest absolute Gasteiger partial charge is 0.466 e. The molecule has 2 rings (SSSR count). The second-order valence-corrected chi connectivity index (χ2v) is 7.34. The van der Waals surface area contributed by atoms with Crippen molar-refractivity contribution in [3.63, 3.8) is 0 Å². The normalized spacial score (nSPS) is 15.6. The molecule has 1 unspecified atom stereocenters. The number of rotatable bonds is 8. The van der Waals surface area contributed by atoms with E-state index >= 15 is 0 Å². The summed E-state index contributed by atoms with van der Waals surface area (Å²) in [4.78, 5) is 62.7. The van der Waals surface area contributed by atoms with E-state index in [0.717, 1.165) is 17.0 Å². The van der Waals surface area contributed by atoms with Crippen LogP contribution in [0.25, 0.3) is 0 Å². The van der Waals surface area contributed by atoms with Crippen molar-refractivity contribution in [2.75, 3.05) is 39.9 Å². The van der Waals surface area contributed by atoms with Gasteiger partial charge in [-0.2, -0.15) is 0 Å². The van der Waals surface area contributed by atoms with Crippen LogP contribution in [-0.4, -0.2) is 78.4 Å². The van der Waals surface area contributed by atoms with Crippen molar-refractivity contribution in [2.45, 2.75) is 26.7 Å². The number of carbonyl (C=O) groups is 4. The topological polar surface area (TPSA) is 136 Å². The SMILES string of the molecule is CCOC(=O)c1cc(C(=O)N(C)CC(=O)N2CCCC(C(=O)OCC)C2)cc([N+](=O)[O-])c1. The molecule has 1 aliphatic rings. The maximum absolute atomic E-state index is 12.8. The summed E-state index contributed by atoms with van der Waals surface area (Å²) in [5.41, 5.74) is -0.676. The van der Waals surface area contributed by atoms with Crippen LogP contribution in [-0.2, 0) is 19.1 Å². The summed E-state index contributed by atoms with van der Waals surface area (Å²) >= 11 is 0. The van der Waals surface area contributed by atoms with Crippen molar-refractivity contribution < 1.29 is 33.6 Å². The molecule has 1 aromatic carbocycles. The fourth-order valence-corrected chi connectivity index (χ4v) is 3.42. The Morgan fingerprint density at radius 2 is 1.78 bits per heavy atom. The number of piperidine rings is 1. The smallest absolute Gasteiger partial charge is 0.338 e. The monoisotopic (exact) mass is 449 g/mol. The van der Waals surface area contributed by atoms with Gasteiger partial charge in [-0.1, -0.05) is 0 Å². The van der Waals surface area contributed by atoms with E-state index in [0.29, 0.717) is 19.4 Å². The van der Waals surface area contributed by atoms with E-state index < -0.39 is 28.4 Å². The van der Waals surface area contributed by atoms with Crippen LogP contribution in [0.2, 0.25) is 0 Å². The quantitative estimate of drug-likeness (QED) is 0.332. The van der Waals surface area contributed by atoms with Crippen molar-refractivity contribution in [3.8, 4) is 0 Å². The minimum Gasteiger partial charge on any atom is -0.466 e. The zero-order chi connectivity index (χ0) is 23.8. The number of non-ortho nitro benzene ring substituents is 1. The molecule has 0 aliphatic carbocycles. The van der Waals surface area contributed by atoms with Gasteiger partial charge in [-0.25, -0.2) is 4.79 Å². The molecule has 0 saturated carbocycles.